The van der Waals surface area contributed by atoms with Crippen LogP contribution in [0.5, 0.6) is 11.5 Å². The monoisotopic (exact) mass is 457 g/mol. The van der Waals surface area contributed by atoms with E-state index in [2.05, 4.69) is 37.5 Å². The highest BCUT2D eigenvalue weighted by Gasteiger charge is 2.13. The quantitative estimate of drug-likeness (QED) is 0.260. The van der Waals surface area contributed by atoms with Crippen molar-refractivity contribution < 1.29 is 14.3 Å². The number of methoxy groups -OCH3 is 2. The Morgan fingerprint density at radius 1 is 1.00 bits per heavy atom. The van der Waals surface area contributed by atoms with Crippen LogP contribution in [-0.2, 0) is 18.0 Å². The van der Waals surface area contributed by atoms with Crippen LogP contribution in [0.25, 0.3) is 16.7 Å². The van der Waals surface area contributed by atoms with Gasteiger partial charge in [-0.2, -0.15) is 5.10 Å². The van der Waals surface area contributed by atoms with E-state index in [0.29, 0.717) is 35.2 Å². The summed E-state index contributed by atoms with van der Waals surface area (Å²) >= 11 is 0. The van der Waals surface area contributed by atoms with Gasteiger partial charge < -0.3 is 14.3 Å². The molecule has 0 saturated carbocycles. The molecule has 0 atom stereocenters. The maximum absolute atomic E-state index is 5.53. The number of ether oxygens (including phenoxy) is 2. The smallest absolute Gasteiger partial charge is 0.192 e. The summed E-state index contributed by atoms with van der Waals surface area (Å²) in [6.07, 6.45) is 3.40. The van der Waals surface area contributed by atoms with Crippen molar-refractivity contribution in [3.8, 4) is 11.5 Å². The Bertz CT molecular complexity index is 1470. The van der Waals surface area contributed by atoms with Gasteiger partial charge in [0.05, 0.1) is 38.1 Å². The molecule has 0 bridgehead atoms. The Hall–Kier alpha value is -4.47. The maximum atomic E-state index is 5.53. The van der Waals surface area contributed by atoms with Crippen LogP contribution in [0.15, 0.2) is 66.2 Å². The molecule has 2 aromatic carbocycles. The Kier molecular flexibility index (Phi) is 5.77. The van der Waals surface area contributed by atoms with Crippen molar-refractivity contribution in [3.05, 3.63) is 78.0 Å². The van der Waals surface area contributed by atoms with Crippen LogP contribution in [-0.4, -0.2) is 49.3 Å². The molecule has 34 heavy (non-hydrogen) atoms. The summed E-state index contributed by atoms with van der Waals surface area (Å²) in [5.41, 5.74) is 4.11. The van der Waals surface area contributed by atoms with E-state index in [-0.39, 0.29) is 6.61 Å². The second-order valence-electron chi connectivity index (χ2n) is 7.59. The zero-order valence-electron chi connectivity index (χ0n) is 19.0. The van der Waals surface area contributed by atoms with Gasteiger partial charge in [-0.05, 0) is 30.7 Å². The Labute approximate surface area is 195 Å². The van der Waals surface area contributed by atoms with Gasteiger partial charge in [-0.1, -0.05) is 35.5 Å². The summed E-state index contributed by atoms with van der Waals surface area (Å²) in [6, 6.07) is 15.7. The highest BCUT2D eigenvalue weighted by molar-refractivity contribution is 5.98. The lowest BCUT2D eigenvalue weighted by Crippen LogP contribution is -2.03. The normalized spacial score (nSPS) is 11.8. The van der Waals surface area contributed by atoms with Crippen molar-refractivity contribution in [1.29, 1.82) is 0 Å². The fourth-order valence-corrected chi connectivity index (χ4v) is 3.65. The third-order valence-corrected chi connectivity index (χ3v) is 5.39. The SMILES string of the molecule is COc1ccc(C(C)=NOCc2nc3c4cnn(Cc5ccccc5)c4ncn3n2)cc1OC. The molecule has 0 N–H and O–H groups in total. The molecule has 0 spiro atoms. The molecule has 0 amide bonds. The number of hydrogen-bond donors (Lipinski definition) is 0. The van der Waals surface area contributed by atoms with Crippen molar-refractivity contribution in [2.24, 2.45) is 5.16 Å². The fraction of sp³-hybridized carbons (Fsp3) is 0.208. The second-order valence-corrected chi connectivity index (χ2v) is 7.59. The number of oxime groups is 1. The first-order valence-corrected chi connectivity index (χ1v) is 10.6. The average molecular weight is 457 g/mol. The second kappa shape index (κ2) is 9.18. The van der Waals surface area contributed by atoms with E-state index in [1.165, 1.54) is 0 Å². The summed E-state index contributed by atoms with van der Waals surface area (Å²) in [7, 11) is 3.19. The highest BCUT2D eigenvalue weighted by Crippen LogP contribution is 2.27. The largest absolute Gasteiger partial charge is 0.493 e. The first-order chi connectivity index (χ1) is 16.7. The van der Waals surface area contributed by atoms with Crippen LogP contribution in [0.3, 0.4) is 0 Å². The molecule has 0 radical (unpaired) electrons. The minimum atomic E-state index is 0.117. The number of nitrogens with zero attached hydrogens (tertiary/aromatic N) is 7. The van der Waals surface area contributed by atoms with E-state index in [4.69, 9.17) is 14.3 Å². The number of hydrogen-bond acceptors (Lipinski definition) is 8. The van der Waals surface area contributed by atoms with Gasteiger partial charge in [0.15, 0.2) is 35.2 Å². The van der Waals surface area contributed by atoms with Gasteiger partial charge in [0.25, 0.3) is 0 Å². The molecule has 0 saturated heterocycles. The van der Waals surface area contributed by atoms with E-state index < -0.39 is 0 Å². The van der Waals surface area contributed by atoms with Crippen molar-refractivity contribution in [1.82, 2.24) is 29.4 Å². The first-order valence-electron chi connectivity index (χ1n) is 10.6. The summed E-state index contributed by atoms with van der Waals surface area (Å²) in [4.78, 5) is 14.7. The van der Waals surface area contributed by atoms with Gasteiger partial charge in [-0.3, -0.25) is 0 Å². The zero-order valence-corrected chi connectivity index (χ0v) is 19.0. The van der Waals surface area contributed by atoms with E-state index in [1.807, 2.05) is 48.0 Å². The molecule has 5 aromatic rings. The Morgan fingerprint density at radius 2 is 1.82 bits per heavy atom. The molecule has 3 aromatic heterocycles. The molecule has 0 unspecified atom stereocenters. The summed E-state index contributed by atoms with van der Waals surface area (Å²) < 4.78 is 14.1. The van der Waals surface area contributed by atoms with Gasteiger partial charge in [0.2, 0.25) is 0 Å². The Morgan fingerprint density at radius 3 is 2.62 bits per heavy atom. The third-order valence-electron chi connectivity index (χ3n) is 5.39. The van der Waals surface area contributed by atoms with Gasteiger partial charge in [-0.15, -0.1) is 5.10 Å². The van der Waals surface area contributed by atoms with Crippen molar-refractivity contribution in [3.63, 3.8) is 0 Å². The highest BCUT2D eigenvalue weighted by atomic mass is 16.6. The van der Waals surface area contributed by atoms with E-state index in [0.717, 1.165) is 22.2 Å². The van der Waals surface area contributed by atoms with Crippen LogP contribution < -0.4 is 9.47 Å². The molecule has 0 aliphatic heterocycles. The topological polar surface area (TPSA) is 101 Å². The molecule has 0 aliphatic rings. The maximum Gasteiger partial charge on any atom is 0.192 e. The minimum Gasteiger partial charge on any atom is -0.493 e. The van der Waals surface area contributed by atoms with Crippen LogP contribution >= 0.6 is 0 Å². The predicted molar refractivity (Wildman–Crippen MR) is 126 cm³/mol. The van der Waals surface area contributed by atoms with Gasteiger partial charge in [0.1, 0.15) is 6.33 Å². The number of aromatic nitrogens is 6. The van der Waals surface area contributed by atoms with Crippen LogP contribution in [0, 0.1) is 0 Å². The molecule has 0 aliphatic carbocycles. The molecule has 3 heterocycles. The molecule has 5 rings (SSSR count). The average Bonchev–Trinajstić information content (AvgIpc) is 3.47. The number of fused-ring (bicyclic) bond motifs is 3. The lowest BCUT2D eigenvalue weighted by Gasteiger charge is -2.09. The van der Waals surface area contributed by atoms with E-state index >= 15 is 0 Å². The summed E-state index contributed by atoms with van der Waals surface area (Å²) in [5.74, 6) is 1.77. The van der Waals surface area contributed by atoms with Crippen LogP contribution in [0.1, 0.15) is 23.9 Å². The number of benzene rings is 2. The minimum absolute atomic E-state index is 0.117. The van der Waals surface area contributed by atoms with E-state index in [1.54, 1.807) is 31.3 Å². The van der Waals surface area contributed by atoms with Gasteiger partial charge in [-0.25, -0.2) is 19.2 Å². The molecular weight excluding hydrogens is 434 g/mol. The van der Waals surface area contributed by atoms with Crippen molar-refractivity contribution in [2.75, 3.05) is 14.2 Å². The van der Waals surface area contributed by atoms with Crippen molar-refractivity contribution in [2.45, 2.75) is 20.1 Å². The lowest BCUT2D eigenvalue weighted by atomic mass is 10.1. The molecule has 172 valence electrons. The molecular formula is C24H23N7O3. The van der Waals surface area contributed by atoms with Crippen molar-refractivity contribution >= 4 is 22.4 Å². The molecule has 0 fully saturated rings. The van der Waals surface area contributed by atoms with Crippen LogP contribution in [0.4, 0.5) is 0 Å². The standard InChI is InChI=1S/C24H23N7O3/c1-16(18-9-10-20(32-2)21(11-18)33-3)29-34-14-22-27-24-19-12-26-30(13-17-7-5-4-6-8-17)23(19)25-15-31(24)28-22/h4-12,15H,13-14H2,1-3H3. The zero-order chi connectivity index (χ0) is 23.5. The Balaban J connectivity index is 1.33. The predicted octanol–water partition coefficient (Wildman–Crippen LogP) is 3.48. The first kappa shape index (κ1) is 21.4. The molecule has 10 heteroatoms. The third kappa shape index (κ3) is 4.13. The number of rotatable bonds is 8. The molecule has 10 nitrogen and oxygen atoms in total. The van der Waals surface area contributed by atoms with E-state index in [9.17, 15) is 0 Å². The van der Waals surface area contributed by atoms with Gasteiger partial charge in [0, 0.05) is 5.56 Å². The summed E-state index contributed by atoms with van der Waals surface area (Å²) in [5, 5.41) is 14.0. The van der Waals surface area contributed by atoms with Crippen LogP contribution in [0.2, 0.25) is 0 Å². The summed E-state index contributed by atoms with van der Waals surface area (Å²) in [6.45, 7) is 2.60. The lowest BCUT2D eigenvalue weighted by molar-refractivity contribution is 0.125. The van der Waals surface area contributed by atoms with Gasteiger partial charge >= 0.3 is 0 Å². The fourth-order valence-electron chi connectivity index (χ4n) is 3.65.